The average Bonchev–Trinajstić information content (AvgIpc) is 3.11. The van der Waals surface area contributed by atoms with Gasteiger partial charge in [-0.2, -0.15) is 0 Å². The van der Waals surface area contributed by atoms with Crippen LogP contribution in [0.3, 0.4) is 0 Å². The molecule has 0 radical (unpaired) electrons. The van der Waals surface area contributed by atoms with Crippen LogP contribution < -0.4 is 11.1 Å². The zero-order valence-corrected chi connectivity index (χ0v) is 19.0. The van der Waals surface area contributed by atoms with Crippen LogP contribution in [0.4, 0.5) is 5.69 Å². The lowest BCUT2D eigenvalue weighted by Gasteiger charge is -2.28. The number of rotatable bonds is 8. The molecule has 0 bridgehead atoms. The van der Waals surface area contributed by atoms with E-state index in [9.17, 15) is 4.79 Å². The Kier molecular flexibility index (Phi) is 10.4. The van der Waals surface area contributed by atoms with Gasteiger partial charge in [-0.15, -0.1) is 24.8 Å². The summed E-state index contributed by atoms with van der Waals surface area (Å²) in [5.41, 5.74) is 7.43. The summed E-state index contributed by atoms with van der Waals surface area (Å²) in [6.07, 6.45) is 3.61. The van der Waals surface area contributed by atoms with Gasteiger partial charge in [0.25, 0.3) is 0 Å². The lowest BCUT2D eigenvalue weighted by Crippen LogP contribution is -2.41. The predicted octanol–water partition coefficient (Wildman–Crippen LogP) is 3.52. The Morgan fingerprint density at radius 3 is 2.45 bits per heavy atom. The van der Waals surface area contributed by atoms with Crippen LogP contribution in [0, 0.1) is 5.41 Å². The van der Waals surface area contributed by atoms with Crippen molar-refractivity contribution in [3.05, 3.63) is 30.5 Å². The van der Waals surface area contributed by atoms with Crippen molar-refractivity contribution in [1.29, 1.82) is 0 Å². The van der Waals surface area contributed by atoms with E-state index in [1.165, 1.54) is 5.52 Å². The Labute approximate surface area is 186 Å². The van der Waals surface area contributed by atoms with Gasteiger partial charge in [0, 0.05) is 55.5 Å². The summed E-state index contributed by atoms with van der Waals surface area (Å²) in [5.74, 6) is 0.0149. The number of nitrogens with zero attached hydrogens (tertiary/aromatic N) is 2. The van der Waals surface area contributed by atoms with Gasteiger partial charge >= 0.3 is 0 Å². The Bertz CT molecular complexity index is 763. The highest BCUT2D eigenvalue weighted by Crippen LogP contribution is 2.28. The fraction of sp³-hybridized carbons (Fsp3) is 0.571. The molecule has 164 valence electrons. The first-order chi connectivity index (χ1) is 13.1. The summed E-state index contributed by atoms with van der Waals surface area (Å²) in [6.45, 7) is 10.1. The smallest absolute Gasteiger partial charge is 0.231 e. The second kappa shape index (κ2) is 11.8. The summed E-state index contributed by atoms with van der Waals surface area (Å²) in [7, 11) is 0. The van der Waals surface area contributed by atoms with Crippen LogP contribution in [0.2, 0.25) is 0 Å². The molecule has 3 N–H and O–H groups in total. The first-order valence-corrected chi connectivity index (χ1v) is 10.0. The highest BCUT2D eigenvalue weighted by Gasteiger charge is 2.33. The third-order valence-corrected chi connectivity index (χ3v) is 6.02. The number of nitrogens with two attached hydrogens (primary N) is 1. The van der Waals surface area contributed by atoms with E-state index in [0.29, 0.717) is 6.54 Å². The first-order valence-electron chi connectivity index (χ1n) is 10.0. The van der Waals surface area contributed by atoms with Crippen LogP contribution >= 0.6 is 24.8 Å². The lowest BCUT2D eigenvalue weighted by molar-refractivity contribution is -0.125. The van der Waals surface area contributed by atoms with Crippen molar-refractivity contribution in [2.75, 3.05) is 44.7 Å². The van der Waals surface area contributed by atoms with Gasteiger partial charge < -0.3 is 20.4 Å². The minimum atomic E-state index is -0.487. The number of morpholine rings is 1. The maximum Gasteiger partial charge on any atom is 0.231 e. The van der Waals surface area contributed by atoms with Gasteiger partial charge in [0.05, 0.1) is 18.6 Å². The molecule has 2 heterocycles. The van der Waals surface area contributed by atoms with Gasteiger partial charge in [0.2, 0.25) is 5.91 Å². The second-order valence-corrected chi connectivity index (χ2v) is 7.38. The van der Waals surface area contributed by atoms with Crippen molar-refractivity contribution in [2.45, 2.75) is 33.2 Å². The Morgan fingerprint density at radius 2 is 1.83 bits per heavy atom. The molecule has 1 aromatic heterocycles. The van der Waals surface area contributed by atoms with E-state index < -0.39 is 5.41 Å². The third kappa shape index (κ3) is 5.86. The standard InChI is InChI=1S/C21H32N4O2.2ClH/c1-3-21(4-2,16-22)20(26)23-18-5-6-19-17(15-18)7-8-25(19)10-9-24-11-13-27-14-12-24;;/h5-8,15H,3-4,9-14,16,22H2,1-2H3,(H,23,26);2*1H. The molecule has 1 saturated heterocycles. The molecule has 29 heavy (non-hydrogen) atoms. The van der Waals surface area contributed by atoms with E-state index >= 15 is 0 Å². The van der Waals surface area contributed by atoms with E-state index in [1.54, 1.807) is 0 Å². The number of benzene rings is 1. The van der Waals surface area contributed by atoms with E-state index in [2.05, 4.69) is 33.1 Å². The number of ether oxygens (including phenoxy) is 1. The summed E-state index contributed by atoms with van der Waals surface area (Å²) < 4.78 is 7.69. The number of carbonyl (C=O) groups is 1. The Morgan fingerprint density at radius 1 is 1.14 bits per heavy atom. The van der Waals surface area contributed by atoms with Crippen molar-refractivity contribution < 1.29 is 9.53 Å². The maximum absolute atomic E-state index is 12.7. The monoisotopic (exact) mass is 444 g/mol. The van der Waals surface area contributed by atoms with Crippen LogP contribution in [-0.2, 0) is 16.1 Å². The predicted molar refractivity (Wildman–Crippen MR) is 124 cm³/mol. The van der Waals surface area contributed by atoms with Gasteiger partial charge in [-0.05, 0) is 37.1 Å². The largest absolute Gasteiger partial charge is 0.379 e. The number of carbonyl (C=O) groups excluding carboxylic acids is 1. The molecule has 1 fully saturated rings. The lowest BCUT2D eigenvalue weighted by atomic mass is 9.81. The zero-order valence-electron chi connectivity index (χ0n) is 17.4. The molecule has 1 aromatic carbocycles. The van der Waals surface area contributed by atoms with E-state index in [0.717, 1.165) is 63.3 Å². The van der Waals surface area contributed by atoms with Crippen molar-refractivity contribution in [1.82, 2.24) is 9.47 Å². The molecule has 1 amide bonds. The number of nitrogens with one attached hydrogen (secondary N) is 1. The summed E-state index contributed by atoms with van der Waals surface area (Å²) in [4.78, 5) is 15.2. The van der Waals surface area contributed by atoms with Crippen LogP contribution in [0.1, 0.15) is 26.7 Å². The van der Waals surface area contributed by atoms with Gasteiger partial charge in [-0.3, -0.25) is 9.69 Å². The molecule has 1 aliphatic heterocycles. The van der Waals surface area contributed by atoms with Crippen LogP contribution in [0.25, 0.3) is 10.9 Å². The third-order valence-electron chi connectivity index (χ3n) is 6.02. The summed E-state index contributed by atoms with van der Waals surface area (Å²) in [6, 6.07) is 8.23. The molecule has 0 unspecified atom stereocenters. The van der Waals surface area contributed by atoms with Crippen LogP contribution in [-0.4, -0.2) is 54.8 Å². The van der Waals surface area contributed by atoms with Crippen LogP contribution in [0.15, 0.2) is 30.5 Å². The Hall–Kier alpha value is -1.31. The van der Waals surface area contributed by atoms with Crippen molar-refractivity contribution >= 4 is 47.3 Å². The van der Waals surface area contributed by atoms with Gasteiger partial charge in [0.15, 0.2) is 0 Å². The first kappa shape index (κ1) is 25.7. The SMILES string of the molecule is CCC(CC)(CN)C(=O)Nc1ccc2c(ccn2CCN2CCOCC2)c1.Cl.Cl. The number of fused-ring (bicyclic) bond motifs is 1. The van der Waals surface area contributed by atoms with Crippen molar-refractivity contribution in [3.63, 3.8) is 0 Å². The number of amides is 1. The summed E-state index contributed by atoms with van der Waals surface area (Å²) in [5, 5.41) is 4.21. The molecular formula is C21H34Cl2N4O2. The van der Waals surface area contributed by atoms with E-state index in [-0.39, 0.29) is 30.7 Å². The second-order valence-electron chi connectivity index (χ2n) is 7.38. The molecule has 0 aliphatic carbocycles. The van der Waals surface area contributed by atoms with E-state index in [1.807, 2.05) is 26.0 Å². The number of hydrogen-bond acceptors (Lipinski definition) is 4. The van der Waals surface area contributed by atoms with Gasteiger partial charge in [-0.25, -0.2) is 0 Å². The normalized spacial score (nSPS) is 14.9. The van der Waals surface area contributed by atoms with Gasteiger partial charge in [0.1, 0.15) is 0 Å². The van der Waals surface area contributed by atoms with Crippen molar-refractivity contribution in [2.24, 2.45) is 11.1 Å². The summed E-state index contributed by atoms with van der Waals surface area (Å²) >= 11 is 0. The fourth-order valence-corrected chi connectivity index (χ4v) is 3.76. The topological polar surface area (TPSA) is 72.5 Å². The minimum absolute atomic E-state index is 0. The molecule has 0 spiro atoms. The molecular weight excluding hydrogens is 411 g/mol. The number of anilines is 1. The zero-order chi connectivity index (χ0) is 19.3. The minimum Gasteiger partial charge on any atom is -0.379 e. The van der Waals surface area contributed by atoms with Crippen molar-refractivity contribution in [3.8, 4) is 0 Å². The molecule has 0 atom stereocenters. The van der Waals surface area contributed by atoms with Crippen LogP contribution in [0.5, 0.6) is 0 Å². The maximum atomic E-state index is 12.7. The number of halogens is 2. The highest BCUT2D eigenvalue weighted by atomic mass is 35.5. The quantitative estimate of drug-likeness (QED) is 0.652. The molecule has 6 nitrogen and oxygen atoms in total. The fourth-order valence-electron chi connectivity index (χ4n) is 3.76. The number of aromatic nitrogens is 1. The number of hydrogen-bond donors (Lipinski definition) is 2. The molecule has 8 heteroatoms. The average molecular weight is 445 g/mol. The molecule has 2 aromatic rings. The highest BCUT2D eigenvalue weighted by molar-refractivity contribution is 5.97. The van der Waals surface area contributed by atoms with Gasteiger partial charge in [-0.1, -0.05) is 13.8 Å². The van der Waals surface area contributed by atoms with E-state index in [4.69, 9.17) is 10.5 Å². The molecule has 0 saturated carbocycles. The Balaban J connectivity index is 0.00000210. The molecule has 3 rings (SSSR count). The molecule has 1 aliphatic rings.